The number of hydrogen-bond donors (Lipinski definition) is 0. The van der Waals surface area contributed by atoms with Crippen molar-refractivity contribution in [1.82, 2.24) is 0 Å². The highest BCUT2D eigenvalue weighted by molar-refractivity contribution is 5.95. The Morgan fingerprint density at radius 3 is 2.41 bits per heavy atom. The second-order valence-electron chi connectivity index (χ2n) is 3.81. The first-order chi connectivity index (χ1) is 10.5. The van der Waals surface area contributed by atoms with Crippen molar-refractivity contribution >= 4 is 17.6 Å². The van der Waals surface area contributed by atoms with Gasteiger partial charge in [0, 0.05) is 6.07 Å². The lowest BCUT2D eigenvalue weighted by atomic mass is 10.3. The molecular weight excluding hydrogens is 294 g/mol. The molecule has 0 aromatic heterocycles. The third-order valence-electron chi connectivity index (χ3n) is 2.29. The van der Waals surface area contributed by atoms with E-state index in [9.17, 15) is 19.7 Å². The Morgan fingerprint density at radius 2 is 1.82 bits per heavy atom. The highest BCUT2D eigenvalue weighted by atomic mass is 16.6. The molecule has 0 aliphatic rings. The van der Waals surface area contributed by atoms with E-state index in [0.29, 0.717) is 0 Å². The summed E-state index contributed by atoms with van der Waals surface area (Å²) in [6.07, 6.45) is 0.790. The molecule has 8 nitrogen and oxygen atoms in total. The standard InChI is InChI=1S/C14H15NO7/c1-3-20-13(16)9-12(14(17)21-4-2)22-11-8-6-5-7-10(11)15(18)19/h5-9H,3-4H2,1-2H3. The van der Waals surface area contributed by atoms with Crippen LogP contribution in [0.4, 0.5) is 5.69 Å². The van der Waals surface area contributed by atoms with Crippen LogP contribution in [0.2, 0.25) is 0 Å². The zero-order valence-electron chi connectivity index (χ0n) is 12.1. The molecule has 0 saturated heterocycles. The van der Waals surface area contributed by atoms with Crippen molar-refractivity contribution in [3.05, 3.63) is 46.2 Å². The first-order valence-electron chi connectivity index (χ1n) is 6.46. The first-order valence-corrected chi connectivity index (χ1v) is 6.46. The van der Waals surface area contributed by atoms with Gasteiger partial charge in [-0.25, -0.2) is 9.59 Å². The number of carbonyl (C=O) groups is 2. The molecule has 0 aliphatic carbocycles. The summed E-state index contributed by atoms with van der Waals surface area (Å²) in [5.41, 5.74) is -0.346. The third-order valence-corrected chi connectivity index (χ3v) is 2.29. The fourth-order valence-corrected chi connectivity index (χ4v) is 1.44. The van der Waals surface area contributed by atoms with Crippen LogP contribution in [-0.2, 0) is 19.1 Å². The molecule has 1 rings (SSSR count). The van der Waals surface area contributed by atoms with E-state index in [2.05, 4.69) is 4.74 Å². The number of nitrogens with zero attached hydrogens (tertiary/aromatic N) is 1. The molecule has 0 spiro atoms. The quantitative estimate of drug-likeness (QED) is 0.249. The van der Waals surface area contributed by atoms with E-state index in [4.69, 9.17) is 9.47 Å². The van der Waals surface area contributed by atoms with Crippen molar-refractivity contribution in [2.45, 2.75) is 13.8 Å². The summed E-state index contributed by atoms with van der Waals surface area (Å²) in [6.45, 7) is 3.33. The predicted octanol–water partition coefficient (Wildman–Crippen LogP) is 1.98. The van der Waals surface area contributed by atoms with Crippen LogP contribution >= 0.6 is 0 Å². The van der Waals surface area contributed by atoms with E-state index in [0.717, 1.165) is 6.08 Å². The van der Waals surface area contributed by atoms with Crippen molar-refractivity contribution in [3.63, 3.8) is 0 Å². The van der Waals surface area contributed by atoms with Gasteiger partial charge in [-0.05, 0) is 19.9 Å². The summed E-state index contributed by atoms with van der Waals surface area (Å²) in [7, 11) is 0. The highest BCUT2D eigenvalue weighted by Crippen LogP contribution is 2.27. The second kappa shape index (κ2) is 8.40. The second-order valence-corrected chi connectivity index (χ2v) is 3.81. The summed E-state index contributed by atoms with van der Waals surface area (Å²) in [5, 5.41) is 10.9. The molecule has 1 aromatic rings. The van der Waals surface area contributed by atoms with Crippen LogP contribution in [0.3, 0.4) is 0 Å². The summed E-state index contributed by atoms with van der Waals surface area (Å²) in [5.74, 6) is -2.41. The molecule has 22 heavy (non-hydrogen) atoms. The molecule has 0 aliphatic heterocycles. The Morgan fingerprint density at radius 1 is 1.18 bits per heavy atom. The van der Waals surface area contributed by atoms with E-state index in [1.54, 1.807) is 13.8 Å². The Labute approximate surface area is 126 Å². The number of para-hydroxylation sites is 2. The minimum Gasteiger partial charge on any atom is -0.463 e. The molecule has 118 valence electrons. The van der Waals surface area contributed by atoms with Gasteiger partial charge in [0.1, 0.15) is 0 Å². The van der Waals surface area contributed by atoms with Gasteiger partial charge < -0.3 is 14.2 Å². The number of nitro benzene ring substituents is 1. The molecule has 0 bridgehead atoms. The maximum Gasteiger partial charge on any atom is 0.374 e. The fraction of sp³-hybridized carbons (Fsp3) is 0.286. The lowest BCUT2D eigenvalue weighted by Gasteiger charge is -2.09. The number of ether oxygens (including phenoxy) is 3. The molecular formula is C14H15NO7. The van der Waals surface area contributed by atoms with Crippen LogP contribution in [0, 0.1) is 10.1 Å². The minimum atomic E-state index is -0.922. The van der Waals surface area contributed by atoms with Gasteiger partial charge in [0.25, 0.3) is 0 Å². The largest absolute Gasteiger partial charge is 0.463 e. The predicted molar refractivity (Wildman–Crippen MR) is 75.1 cm³/mol. The van der Waals surface area contributed by atoms with Gasteiger partial charge in [0.2, 0.25) is 11.5 Å². The summed E-state index contributed by atoms with van der Waals surface area (Å²) in [6, 6.07) is 5.46. The SMILES string of the molecule is CCOC(=O)C=C(Oc1ccccc1[N+](=O)[O-])C(=O)OCC. The molecule has 0 saturated carbocycles. The van der Waals surface area contributed by atoms with Crippen molar-refractivity contribution in [2.24, 2.45) is 0 Å². The molecule has 1 aromatic carbocycles. The van der Waals surface area contributed by atoms with E-state index >= 15 is 0 Å². The van der Waals surface area contributed by atoms with Crippen LogP contribution in [0.25, 0.3) is 0 Å². The zero-order chi connectivity index (χ0) is 16.5. The average molecular weight is 309 g/mol. The molecule has 0 heterocycles. The summed E-state index contributed by atoms with van der Waals surface area (Å²) in [4.78, 5) is 33.5. The van der Waals surface area contributed by atoms with Gasteiger partial charge >= 0.3 is 17.6 Å². The van der Waals surface area contributed by atoms with Gasteiger partial charge in [-0.2, -0.15) is 0 Å². The van der Waals surface area contributed by atoms with E-state index in [1.807, 2.05) is 0 Å². The molecule has 8 heteroatoms. The number of hydrogen-bond acceptors (Lipinski definition) is 7. The van der Waals surface area contributed by atoms with Crippen molar-refractivity contribution in [1.29, 1.82) is 0 Å². The van der Waals surface area contributed by atoms with Crippen LogP contribution in [0.5, 0.6) is 5.75 Å². The van der Waals surface area contributed by atoms with Crippen molar-refractivity contribution < 1.29 is 28.7 Å². The van der Waals surface area contributed by atoms with Gasteiger partial charge in [0.05, 0.1) is 24.2 Å². The Kier molecular flexibility index (Phi) is 6.55. The normalized spacial score (nSPS) is 10.7. The average Bonchev–Trinajstić information content (AvgIpc) is 2.47. The molecule has 0 radical (unpaired) electrons. The smallest absolute Gasteiger partial charge is 0.374 e. The minimum absolute atomic E-state index is 0.0548. The van der Waals surface area contributed by atoms with Crippen LogP contribution in [-0.4, -0.2) is 30.1 Å². The lowest BCUT2D eigenvalue weighted by Crippen LogP contribution is -2.16. The highest BCUT2D eigenvalue weighted by Gasteiger charge is 2.21. The number of benzene rings is 1. The van der Waals surface area contributed by atoms with Crippen LogP contribution in [0.1, 0.15) is 13.8 Å². The van der Waals surface area contributed by atoms with Crippen molar-refractivity contribution in [3.8, 4) is 5.75 Å². The van der Waals surface area contributed by atoms with E-state index < -0.39 is 22.6 Å². The number of rotatable bonds is 7. The zero-order valence-corrected chi connectivity index (χ0v) is 12.1. The van der Waals surface area contributed by atoms with Gasteiger partial charge in [-0.15, -0.1) is 0 Å². The lowest BCUT2D eigenvalue weighted by molar-refractivity contribution is -0.385. The van der Waals surface area contributed by atoms with Gasteiger partial charge in [0.15, 0.2) is 0 Å². The van der Waals surface area contributed by atoms with E-state index in [1.165, 1.54) is 24.3 Å². The fourth-order valence-electron chi connectivity index (χ4n) is 1.44. The third kappa shape index (κ3) is 4.89. The van der Waals surface area contributed by atoms with Gasteiger partial charge in [-0.3, -0.25) is 10.1 Å². The van der Waals surface area contributed by atoms with Gasteiger partial charge in [-0.1, -0.05) is 12.1 Å². The molecule has 0 amide bonds. The topological polar surface area (TPSA) is 105 Å². The molecule has 0 atom stereocenters. The maximum absolute atomic E-state index is 11.8. The number of esters is 2. The van der Waals surface area contributed by atoms with E-state index in [-0.39, 0.29) is 24.7 Å². The van der Waals surface area contributed by atoms with Crippen LogP contribution in [0.15, 0.2) is 36.1 Å². The number of carbonyl (C=O) groups excluding carboxylic acids is 2. The Balaban J connectivity index is 3.11. The maximum atomic E-state index is 11.8. The van der Waals surface area contributed by atoms with Crippen LogP contribution < -0.4 is 4.74 Å². The summed E-state index contributed by atoms with van der Waals surface area (Å²) >= 11 is 0. The Hall–Kier alpha value is -2.90. The summed E-state index contributed by atoms with van der Waals surface area (Å²) < 4.78 is 14.6. The molecule has 0 fully saturated rings. The number of nitro groups is 1. The van der Waals surface area contributed by atoms with Crippen molar-refractivity contribution in [2.75, 3.05) is 13.2 Å². The molecule has 0 N–H and O–H groups in total. The monoisotopic (exact) mass is 309 g/mol. The molecule has 0 unspecified atom stereocenters. The first kappa shape index (κ1) is 17.2. The Bertz CT molecular complexity index is 595.